The summed E-state index contributed by atoms with van der Waals surface area (Å²) in [6.45, 7) is 1.75. The third-order valence-corrected chi connectivity index (χ3v) is 3.91. The lowest BCUT2D eigenvalue weighted by Gasteiger charge is -2.06. The molecule has 112 valence electrons. The van der Waals surface area contributed by atoms with E-state index in [-0.39, 0.29) is 5.82 Å². The van der Waals surface area contributed by atoms with Crippen LogP contribution in [0.2, 0.25) is 0 Å². The Hall–Kier alpha value is -3.01. The molecular formula is C19H14FN3. The molecule has 0 aliphatic carbocycles. The van der Waals surface area contributed by atoms with E-state index in [1.807, 2.05) is 48.5 Å². The quantitative estimate of drug-likeness (QED) is 0.544. The van der Waals surface area contributed by atoms with Crippen LogP contribution in [0, 0.1) is 12.7 Å². The average Bonchev–Trinajstić information content (AvgIpc) is 2.99. The van der Waals surface area contributed by atoms with E-state index >= 15 is 0 Å². The second-order valence-corrected chi connectivity index (χ2v) is 5.48. The first-order valence-corrected chi connectivity index (χ1v) is 7.38. The Morgan fingerprint density at radius 2 is 1.78 bits per heavy atom. The van der Waals surface area contributed by atoms with Crippen molar-refractivity contribution >= 4 is 10.9 Å². The SMILES string of the molecule is Cc1cc2c(cnn2-c2ccc(-c3ccccc3)nc2)cc1F. The van der Waals surface area contributed by atoms with Gasteiger partial charge in [0, 0.05) is 10.9 Å². The lowest BCUT2D eigenvalue weighted by atomic mass is 10.1. The Balaban J connectivity index is 1.78. The van der Waals surface area contributed by atoms with E-state index < -0.39 is 0 Å². The van der Waals surface area contributed by atoms with Crippen LogP contribution in [0.1, 0.15) is 5.56 Å². The van der Waals surface area contributed by atoms with Gasteiger partial charge in [-0.2, -0.15) is 5.10 Å². The first-order valence-electron chi connectivity index (χ1n) is 7.38. The van der Waals surface area contributed by atoms with Crippen molar-refractivity contribution in [1.82, 2.24) is 14.8 Å². The maximum atomic E-state index is 13.7. The van der Waals surface area contributed by atoms with E-state index in [4.69, 9.17) is 0 Å². The highest BCUT2D eigenvalue weighted by atomic mass is 19.1. The van der Waals surface area contributed by atoms with Gasteiger partial charge in [-0.25, -0.2) is 9.07 Å². The summed E-state index contributed by atoms with van der Waals surface area (Å²) in [7, 11) is 0. The van der Waals surface area contributed by atoms with Gasteiger partial charge in [0.05, 0.1) is 29.3 Å². The molecule has 0 saturated carbocycles. The van der Waals surface area contributed by atoms with Crippen molar-refractivity contribution in [1.29, 1.82) is 0 Å². The van der Waals surface area contributed by atoms with E-state index in [1.165, 1.54) is 6.07 Å². The molecule has 0 amide bonds. The van der Waals surface area contributed by atoms with Crippen LogP contribution in [0.4, 0.5) is 4.39 Å². The molecule has 4 heteroatoms. The van der Waals surface area contributed by atoms with Gasteiger partial charge in [0.2, 0.25) is 0 Å². The minimum atomic E-state index is -0.213. The number of pyridine rings is 1. The number of benzene rings is 2. The van der Waals surface area contributed by atoms with Crippen molar-refractivity contribution in [3.05, 3.63) is 78.4 Å². The van der Waals surface area contributed by atoms with Crippen LogP contribution in [0.15, 0.2) is 67.0 Å². The molecule has 4 rings (SSSR count). The molecule has 3 nitrogen and oxygen atoms in total. The first-order chi connectivity index (χ1) is 11.2. The van der Waals surface area contributed by atoms with E-state index in [0.29, 0.717) is 5.56 Å². The highest BCUT2D eigenvalue weighted by Gasteiger charge is 2.09. The third-order valence-electron chi connectivity index (χ3n) is 3.91. The molecule has 0 saturated heterocycles. The summed E-state index contributed by atoms with van der Waals surface area (Å²) >= 11 is 0. The number of hydrogen-bond donors (Lipinski definition) is 0. The number of nitrogens with zero attached hydrogens (tertiary/aromatic N) is 3. The fraction of sp³-hybridized carbons (Fsp3) is 0.0526. The topological polar surface area (TPSA) is 30.7 Å². The smallest absolute Gasteiger partial charge is 0.126 e. The van der Waals surface area contributed by atoms with Gasteiger partial charge in [-0.05, 0) is 36.8 Å². The zero-order valence-electron chi connectivity index (χ0n) is 12.6. The summed E-state index contributed by atoms with van der Waals surface area (Å²) in [5.74, 6) is -0.213. The lowest BCUT2D eigenvalue weighted by molar-refractivity contribution is 0.620. The van der Waals surface area contributed by atoms with E-state index in [1.54, 1.807) is 24.0 Å². The number of aryl methyl sites for hydroxylation is 1. The predicted octanol–water partition coefficient (Wildman–Crippen LogP) is 4.54. The van der Waals surface area contributed by atoms with Crippen molar-refractivity contribution < 1.29 is 4.39 Å². The van der Waals surface area contributed by atoms with Crippen molar-refractivity contribution in [2.24, 2.45) is 0 Å². The number of fused-ring (bicyclic) bond motifs is 1. The number of hydrogen-bond acceptors (Lipinski definition) is 2. The van der Waals surface area contributed by atoms with Gasteiger partial charge in [0.1, 0.15) is 5.82 Å². The standard InChI is InChI=1S/C19H14FN3/c1-13-9-19-15(10-17(13)20)11-22-23(19)16-7-8-18(21-12-16)14-5-3-2-4-6-14/h2-12H,1H3. The van der Waals surface area contributed by atoms with Crippen LogP contribution in [0.25, 0.3) is 27.8 Å². The summed E-state index contributed by atoms with van der Waals surface area (Å²) in [6.07, 6.45) is 3.45. The van der Waals surface area contributed by atoms with Crippen LogP contribution in [0.3, 0.4) is 0 Å². The summed E-state index contributed by atoms with van der Waals surface area (Å²) in [5.41, 5.74) is 4.31. The van der Waals surface area contributed by atoms with Crippen LogP contribution in [0.5, 0.6) is 0 Å². The lowest BCUT2D eigenvalue weighted by Crippen LogP contribution is -1.97. The van der Waals surface area contributed by atoms with Crippen LogP contribution >= 0.6 is 0 Å². The second-order valence-electron chi connectivity index (χ2n) is 5.48. The Morgan fingerprint density at radius 3 is 2.52 bits per heavy atom. The molecular weight excluding hydrogens is 289 g/mol. The van der Waals surface area contributed by atoms with Crippen molar-refractivity contribution in [2.75, 3.05) is 0 Å². The predicted molar refractivity (Wildman–Crippen MR) is 89.0 cm³/mol. The van der Waals surface area contributed by atoms with Gasteiger partial charge in [-0.3, -0.25) is 4.98 Å². The molecule has 2 aromatic carbocycles. The van der Waals surface area contributed by atoms with E-state index in [2.05, 4.69) is 10.1 Å². The number of aromatic nitrogens is 3. The van der Waals surface area contributed by atoms with Crippen molar-refractivity contribution in [3.63, 3.8) is 0 Å². The minimum absolute atomic E-state index is 0.213. The van der Waals surface area contributed by atoms with Gasteiger partial charge >= 0.3 is 0 Å². The summed E-state index contributed by atoms with van der Waals surface area (Å²) in [5, 5.41) is 5.14. The van der Waals surface area contributed by atoms with Crippen LogP contribution < -0.4 is 0 Å². The van der Waals surface area contributed by atoms with Crippen molar-refractivity contribution in [2.45, 2.75) is 6.92 Å². The van der Waals surface area contributed by atoms with Crippen molar-refractivity contribution in [3.8, 4) is 16.9 Å². The molecule has 23 heavy (non-hydrogen) atoms. The van der Waals surface area contributed by atoms with Gasteiger partial charge in [-0.1, -0.05) is 30.3 Å². The Bertz CT molecular complexity index is 973. The highest BCUT2D eigenvalue weighted by molar-refractivity contribution is 5.81. The molecule has 0 bridgehead atoms. The van der Waals surface area contributed by atoms with Crippen LogP contribution in [-0.2, 0) is 0 Å². The fourth-order valence-corrected chi connectivity index (χ4v) is 2.65. The molecule has 0 spiro atoms. The Morgan fingerprint density at radius 1 is 0.957 bits per heavy atom. The second kappa shape index (κ2) is 5.32. The molecule has 0 aliphatic rings. The average molecular weight is 303 g/mol. The monoisotopic (exact) mass is 303 g/mol. The zero-order valence-corrected chi connectivity index (χ0v) is 12.6. The third kappa shape index (κ3) is 2.38. The molecule has 2 heterocycles. The summed E-state index contributed by atoms with van der Waals surface area (Å²) < 4.78 is 15.4. The maximum Gasteiger partial charge on any atom is 0.126 e. The van der Waals surface area contributed by atoms with E-state index in [0.717, 1.165) is 27.8 Å². The van der Waals surface area contributed by atoms with E-state index in [9.17, 15) is 4.39 Å². The Kier molecular flexibility index (Phi) is 3.15. The number of halogens is 1. The molecule has 0 N–H and O–H groups in total. The zero-order chi connectivity index (χ0) is 15.8. The molecule has 4 aromatic rings. The summed E-state index contributed by atoms with van der Waals surface area (Å²) in [4.78, 5) is 4.52. The molecule has 0 unspecified atom stereocenters. The maximum absolute atomic E-state index is 13.7. The van der Waals surface area contributed by atoms with Gasteiger partial charge in [0.15, 0.2) is 0 Å². The minimum Gasteiger partial charge on any atom is -0.254 e. The van der Waals surface area contributed by atoms with Crippen LogP contribution in [-0.4, -0.2) is 14.8 Å². The fourth-order valence-electron chi connectivity index (χ4n) is 2.65. The van der Waals surface area contributed by atoms with Gasteiger partial charge < -0.3 is 0 Å². The van der Waals surface area contributed by atoms with Gasteiger partial charge in [-0.15, -0.1) is 0 Å². The highest BCUT2D eigenvalue weighted by Crippen LogP contribution is 2.23. The number of rotatable bonds is 2. The molecule has 0 aliphatic heterocycles. The normalized spacial score (nSPS) is 11.0. The molecule has 0 fully saturated rings. The van der Waals surface area contributed by atoms with Gasteiger partial charge in [0.25, 0.3) is 0 Å². The molecule has 2 aromatic heterocycles. The Labute approximate surface area is 133 Å². The molecule has 0 radical (unpaired) electrons. The largest absolute Gasteiger partial charge is 0.254 e. The molecule has 0 atom stereocenters. The summed E-state index contributed by atoms with van der Waals surface area (Å²) in [6, 6.07) is 17.3. The first kappa shape index (κ1) is 13.6.